The first-order valence-electron chi connectivity index (χ1n) is 5.42. The number of nitrogens with zero attached hydrogens (tertiary/aromatic N) is 2. The Morgan fingerprint density at radius 2 is 1.88 bits per heavy atom. The van der Waals surface area contributed by atoms with Crippen LogP contribution in [0.4, 0.5) is 0 Å². The molecular weight excluding hydrogens is 210 g/mol. The fourth-order valence-electron chi connectivity index (χ4n) is 1.50. The molecular formula is C10H19N3O3. The molecule has 0 bridgehead atoms. The van der Waals surface area contributed by atoms with Gasteiger partial charge >= 0.3 is 0 Å². The highest BCUT2D eigenvalue weighted by Gasteiger charge is 2.17. The molecule has 0 aliphatic carbocycles. The van der Waals surface area contributed by atoms with Gasteiger partial charge in [0.15, 0.2) is 0 Å². The van der Waals surface area contributed by atoms with Crippen molar-refractivity contribution >= 4 is 11.8 Å². The molecule has 16 heavy (non-hydrogen) atoms. The topological polar surface area (TPSA) is 61.9 Å². The van der Waals surface area contributed by atoms with Crippen molar-refractivity contribution in [1.29, 1.82) is 0 Å². The minimum Gasteiger partial charge on any atom is -0.378 e. The molecule has 6 nitrogen and oxygen atoms in total. The highest BCUT2D eigenvalue weighted by atomic mass is 16.5. The summed E-state index contributed by atoms with van der Waals surface area (Å²) in [6.45, 7) is 2.45. The number of hydrogen-bond donors (Lipinski definition) is 1. The lowest BCUT2D eigenvalue weighted by Gasteiger charge is -2.26. The van der Waals surface area contributed by atoms with Crippen molar-refractivity contribution in [3.05, 3.63) is 0 Å². The molecule has 0 aromatic heterocycles. The van der Waals surface area contributed by atoms with Crippen LogP contribution in [0.3, 0.4) is 0 Å². The Morgan fingerprint density at radius 1 is 1.25 bits per heavy atom. The van der Waals surface area contributed by atoms with Crippen LogP contribution in [-0.2, 0) is 14.3 Å². The number of morpholine rings is 1. The van der Waals surface area contributed by atoms with Crippen LogP contribution < -0.4 is 5.43 Å². The summed E-state index contributed by atoms with van der Waals surface area (Å²) in [6, 6.07) is 0. The first-order chi connectivity index (χ1) is 7.59. The van der Waals surface area contributed by atoms with E-state index in [9.17, 15) is 9.59 Å². The number of hydrazine groups is 1. The minimum atomic E-state index is -0.133. The first-order valence-corrected chi connectivity index (χ1v) is 5.42. The second kappa shape index (κ2) is 6.44. The van der Waals surface area contributed by atoms with Crippen LogP contribution in [0.15, 0.2) is 0 Å². The Labute approximate surface area is 95.5 Å². The Balaban J connectivity index is 2.21. The van der Waals surface area contributed by atoms with E-state index < -0.39 is 0 Å². The van der Waals surface area contributed by atoms with E-state index in [4.69, 9.17) is 4.74 Å². The second-order valence-corrected chi connectivity index (χ2v) is 3.92. The molecule has 0 radical (unpaired) electrons. The zero-order valence-electron chi connectivity index (χ0n) is 9.86. The van der Waals surface area contributed by atoms with E-state index in [0.717, 1.165) is 0 Å². The molecule has 1 saturated heterocycles. The number of hydrogen-bond acceptors (Lipinski definition) is 4. The van der Waals surface area contributed by atoms with Crippen molar-refractivity contribution in [3.8, 4) is 0 Å². The molecule has 1 fully saturated rings. The number of amides is 2. The van der Waals surface area contributed by atoms with Crippen LogP contribution >= 0.6 is 0 Å². The van der Waals surface area contributed by atoms with Crippen LogP contribution in [-0.4, -0.2) is 62.1 Å². The van der Waals surface area contributed by atoms with E-state index >= 15 is 0 Å². The van der Waals surface area contributed by atoms with Crippen LogP contribution in [0.1, 0.15) is 12.8 Å². The van der Waals surface area contributed by atoms with Crippen molar-refractivity contribution < 1.29 is 14.3 Å². The fourth-order valence-corrected chi connectivity index (χ4v) is 1.50. The van der Waals surface area contributed by atoms with E-state index in [-0.39, 0.29) is 24.7 Å². The Hall–Kier alpha value is -1.14. The van der Waals surface area contributed by atoms with Gasteiger partial charge in [-0.2, -0.15) is 0 Å². The van der Waals surface area contributed by atoms with Gasteiger partial charge in [0, 0.05) is 40.0 Å². The van der Waals surface area contributed by atoms with E-state index in [0.29, 0.717) is 26.3 Å². The van der Waals surface area contributed by atoms with Gasteiger partial charge in [0.05, 0.1) is 13.2 Å². The summed E-state index contributed by atoms with van der Waals surface area (Å²) in [7, 11) is 3.48. The van der Waals surface area contributed by atoms with Crippen molar-refractivity contribution in [2.45, 2.75) is 12.8 Å². The molecule has 1 heterocycles. The fraction of sp³-hybridized carbons (Fsp3) is 0.800. The SMILES string of the molecule is CN(C)NC(=O)CCC(=O)N1CCOCC1. The number of rotatable bonds is 4. The van der Waals surface area contributed by atoms with Gasteiger partial charge in [0.2, 0.25) is 11.8 Å². The summed E-state index contributed by atoms with van der Waals surface area (Å²) in [6.07, 6.45) is 0.494. The average molecular weight is 229 g/mol. The van der Waals surface area contributed by atoms with Gasteiger partial charge in [-0.3, -0.25) is 15.0 Å². The molecule has 0 aromatic rings. The van der Waals surface area contributed by atoms with Crippen LogP contribution in [0.2, 0.25) is 0 Å². The van der Waals surface area contributed by atoms with Gasteiger partial charge in [-0.25, -0.2) is 5.01 Å². The summed E-state index contributed by atoms with van der Waals surface area (Å²) in [4.78, 5) is 24.7. The maximum absolute atomic E-state index is 11.7. The van der Waals surface area contributed by atoms with Crippen molar-refractivity contribution in [2.24, 2.45) is 0 Å². The lowest BCUT2D eigenvalue weighted by Crippen LogP contribution is -2.41. The van der Waals surface area contributed by atoms with Gasteiger partial charge in [-0.1, -0.05) is 0 Å². The predicted molar refractivity (Wildman–Crippen MR) is 58.5 cm³/mol. The zero-order chi connectivity index (χ0) is 12.0. The normalized spacial score (nSPS) is 16.3. The molecule has 0 unspecified atom stereocenters. The van der Waals surface area contributed by atoms with Crippen LogP contribution in [0.5, 0.6) is 0 Å². The zero-order valence-corrected chi connectivity index (χ0v) is 9.86. The Kier molecular flexibility index (Phi) is 5.21. The molecule has 1 aliphatic heterocycles. The molecule has 0 saturated carbocycles. The third-order valence-corrected chi connectivity index (χ3v) is 2.28. The molecule has 6 heteroatoms. The molecule has 1 rings (SSSR count). The van der Waals surface area contributed by atoms with Crippen molar-refractivity contribution in [2.75, 3.05) is 40.4 Å². The Bertz CT molecular complexity index is 250. The molecule has 0 atom stereocenters. The molecule has 0 spiro atoms. The quantitative estimate of drug-likeness (QED) is 0.642. The number of carbonyl (C=O) groups is 2. The third kappa shape index (κ3) is 4.59. The summed E-state index contributed by atoms with van der Waals surface area (Å²) in [5.41, 5.74) is 2.60. The molecule has 0 aromatic carbocycles. The second-order valence-electron chi connectivity index (χ2n) is 3.92. The standard InChI is InChI=1S/C10H19N3O3/c1-12(2)11-9(14)3-4-10(15)13-5-7-16-8-6-13/h3-8H2,1-2H3,(H,11,14). The average Bonchev–Trinajstić information content (AvgIpc) is 2.26. The highest BCUT2D eigenvalue weighted by Crippen LogP contribution is 2.02. The summed E-state index contributed by atoms with van der Waals surface area (Å²) in [5, 5.41) is 1.57. The third-order valence-electron chi connectivity index (χ3n) is 2.28. The lowest BCUT2D eigenvalue weighted by molar-refractivity contribution is -0.137. The van der Waals surface area contributed by atoms with E-state index in [2.05, 4.69) is 5.43 Å². The monoisotopic (exact) mass is 229 g/mol. The maximum atomic E-state index is 11.7. The smallest absolute Gasteiger partial charge is 0.234 e. The number of ether oxygens (including phenoxy) is 1. The van der Waals surface area contributed by atoms with E-state index in [1.807, 2.05) is 0 Å². The number of nitrogens with one attached hydrogen (secondary N) is 1. The van der Waals surface area contributed by atoms with Gasteiger partial charge in [0.25, 0.3) is 0 Å². The summed E-state index contributed by atoms with van der Waals surface area (Å²) < 4.78 is 5.15. The molecule has 2 amide bonds. The summed E-state index contributed by atoms with van der Waals surface area (Å²) in [5.74, 6) is -0.108. The largest absolute Gasteiger partial charge is 0.378 e. The Morgan fingerprint density at radius 3 is 2.44 bits per heavy atom. The predicted octanol–water partition coefficient (Wildman–Crippen LogP) is -0.782. The van der Waals surface area contributed by atoms with Gasteiger partial charge < -0.3 is 9.64 Å². The first kappa shape index (κ1) is 12.9. The lowest BCUT2D eigenvalue weighted by atomic mass is 10.2. The van der Waals surface area contributed by atoms with Crippen molar-refractivity contribution in [3.63, 3.8) is 0 Å². The van der Waals surface area contributed by atoms with Crippen LogP contribution in [0, 0.1) is 0 Å². The molecule has 1 N–H and O–H groups in total. The maximum Gasteiger partial charge on any atom is 0.234 e. The highest BCUT2D eigenvalue weighted by molar-refractivity contribution is 5.83. The minimum absolute atomic E-state index is 0.0252. The molecule has 92 valence electrons. The number of carbonyl (C=O) groups excluding carboxylic acids is 2. The van der Waals surface area contributed by atoms with Gasteiger partial charge in [-0.15, -0.1) is 0 Å². The van der Waals surface area contributed by atoms with E-state index in [1.165, 1.54) is 0 Å². The molecule has 1 aliphatic rings. The summed E-state index contributed by atoms with van der Waals surface area (Å²) >= 11 is 0. The van der Waals surface area contributed by atoms with E-state index in [1.54, 1.807) is 24.0 Å². The van der Waals surface area contributed by atoms with Crippen molar-refractivity contribution in [1.82, 2.24) is 15.3 Å². The van der Waals surface area contributed by atoms with Crippen LogP contribution in [0.25, 0.3) is 0 Å². The van der Waals surface area contributed by atoms with Gasteiger partial charge in [-0.05, 0) is 0 Å². The van der Waals surface area contributed by atoms with Gasteiger partial charge in [0.1, 0.15) is 0 Å².